The van der Waals surface area contributed by atoms with Crippen LogP contribution < -0.4 is 4.74 Å². The largest absolute Gasteiger partial charge is 0.492 e. The van der Waals surface area contributed by atoms with Gasteiger partial charge in [0.1, 0.15) is 23.7 Å². The lowest BCUT2D eigenvalue weighted by atomic mass is 10.0. The van der Waals surface area contributed by atoms with Crippen LogP contribution in [0.5, 0.6) is 5.75 Å². The van der Waals surface area contributed by atoms with Crippen molar-refractivity contribution in [3.05, 3.63) is 59.1 Å². The minimum Gasteiger partial charge on any atom is -0.492 e. The SMILES string of the molecule is O=S(=O)(c1ccc(Cl)cc1)C1COc2ccccc2C1O. The summed E-state index contributed by atoms with van der Waals surface area (Å²) in [6.45, 7) is -0.0802. The molecule has 0 saturated carbocycles. The lowest BCUT2D eigenvalue weighted by Gasteiger charge is -2.29. The molecule has 6 heteroatoms. The van der Waals surface area contributed by atoms with E-state index in [1.54, 1.807) is 24.3 Å². The molecule has 0 aromatic heterocycles. The molecule has 1 aliphatic rings. The van der Waals surface area contributed by atoms with E-state index in [9.17, 15) is 13.5 Å². The van der Waals surface area contributed by atoms with Crippen LogP contribution in [0.3, 0.4) is 0 Å². The second kappa shape index (κ2) is 5.33. The number of ether oxygens (including phenoxy) is 1. The third-order valence-electron chi connectivity index (χ3n) is 3.53. The minimum atomic E-state index is -3.70. The van der Waals surface area contributed by atoms with E-state index in [4.69, 9.17) is 16.3 Å². The molecule has 3 rings (SSSR count). The molecule has 2 unspecified atom stereocenters. The fourth-order valence-corrected chi connectivity index (χ4v) is 4.10. The molecule has 2 aromatic rings. The maximum Gasteiger partial charge on any atom is 0.187 e. The van der Waals surface area contributed by atoms with Crippen LogP contribution in [0.15, 0.2) is 53.4 Å². The molecule has 0 aliphatic carbocycles. The van der Waals surface area contributed by atoms with Gasteiger partial charge in [-0.1, -0.05) is 29.8 Å². The van der Waals surface area contributed by atoms with E-state index in [-0.39, 0.29) is 11.5 Å². The van der Waals surface area contributed by atoms with Crippen LogP contribution >= 0.6 is 11.6 Å². The zero-order valence-corrected chi connectivity index (χ0v) is 12.5. The van der Waals surface area contributed by atoms with Crippen LogP contribution in [-0.4, -0.2) is 25.4 Å². The number of aliphatic hydroxyl groups excluding tert-OH is 1. The van der Waals surface area contributed by atoms with E-state index in [1.165, 1.54) is 24.3 Å². The van der Waals surface area contributed by atoms with Crippen molar-refractivity contribution < 1.29 is 18.3 Å². The van der Waals surface area contributed by atoms with Gasteiger partial charge in [0.15, 0.2) is 9.84 Å². The quantitative estimate of drug-likeness (QED) is 0.922. The standard InChI is InChI=1S/C15H13ClO4S/c16-10-5-7-11(8-6-10)21(18,19)14-9-20-13-4-2-1-3-12(13)15(14)17/h1-8,14-15,17H,9H2. The summed E-state index contributed by atoms with van der Waals surface area (Å²) in [6.07, 6.45) is -1.12. The second-order valence-corrected chi connectivity index (χ2v) is 7.43. The summed E-state index contributed by atoms with van der Waals surface area (Å²) in [7, 11) is -3.70. The minimum absolute atomic E-state index is 0.0802. The Morgan fingerprint density at radius 2 is 1.76 bits per heavy atom. The first-order chi connectivity index (χ1) is 10.00. The highest BCUT2D eigenvalue weighted by Crippen LogP contribution is 2.36. The first kappa shape index (κ1) is 14.4. The summed E-state index contributed by atoms with van der Waals surface area (Å²) < 4.78 is 30.7. The number of rotatable bonds is 2. The van der Waals surface area contributed by atoms with Crippen molar-refractivity contribution in [1.82, 2.24) is 0 Å². The number of benzene rings is 2. The van der Waals surface area contributed by atoms with Crippen LogP contribution in [0.25, 0.3) is 0 Å². The van der Waals surface area contributed by atoms with Gasteiger partial charge in [0.05, 0.1) is 4.90 Å². The first-order valence-electron chi connectivity index (χ1n) is 6.39. The Bertz CT molecular complexity index is 755. The van der Waals surface area contributed by atoms with Gasteiger partial charge in [-0.05, 0) is 30.3 Å². The van der Waals surface area contributed by atoms with Gasteiger partial charge in [-0.15, -0.1) is 0 Å². The van der Waals surface area contributed by atoms with Gasteiger partial charge in [-0.3, -0.25) is 0 Å². The summed E-state index contributed by atoms with van der Waals surface area (Å²) in [5.74, 6) is 0.521. The Labute approximate surface area is 127 Å². The Morgan fingerprint density at radius 3 is 2.48 bits per heavy atom. The van der Waals surface area contributed by atoms with Gasteiger partial charge >= 0.3 is 0 Å². The van der Waals surface area contributed by atoms with Crippen LogP contribution in [0, 0.1) is 0 Å². The zero-order valence-electron chi connectivity index (χ0n) is 10.9. The highest BCUT2D eigenvalue weighted by atomic mass is 35.5. The molecule has 21 heavy (non-hydrogen) atoms. The predicted molar refractivity (Wildman–Crippen MR) is 79.3 cm³/mol. The van der Waals surface area contributed by atoms with Crippen molar-refractivity contribution in [1.29, 1.82) is 0 Å². The van der Waals surface area contributed by atoms with E-state index in [0.717, 1.165) is 0 Å². The highest BCUT2D eigenvalue weighted by Gasteiger charge is 2.39. The van der Waals surface area contributed by atoms with Gasteiger partial charge in [-0.25, -0.2) is 8.42 Å². The molecular formula is C15H13ClO4S. The summed E-state index contributed by atoms with van der Waals surface area (Å²) in [5, 5.41) is 9.81. The number of fused-ring (bicyclic) bond motifs is 1. The van der Waals surface area contributed by atoms with Gasteiger partial charge in [0.25, 0.3) is 0 Å². The number of aliphatic hydroxyl groups is 1. The van der Waals surface area contributed by atoms with Crippen molar-refractivity contribution in [2.24, 2.45) is 0 Å². The van der Waals surface area contributed by atoms with E-state index in [0.29, 0.717) is 16.3 Å². The number of halogens is 1. The third kappa shape index (κ3) is 2.52. The van der Waals surface area contributed by atoms with E-state index in [2.05, 4.69) is 0 Å². The normalized spacial score (nSPS) is 21.4. The summed E-state index contributed by atoms with van der Waals surface area (Å²) in [4.78, 5) is 0.124. The first-order valence-corrected chi connectivity index (χ1v) is 8.32. The van der Waals surface area contributed by atoms with Crippen molar-refractivity contribution in [2.75, 3.05) is 6.61 Å². The lowest BCUT2D eigenvalue weighted by molar-refractivity contribution is 0.119. The average Bonchev–Trinajstić information content (AvgIpc) is 2.48. The number of hydrogen-bond acceptors (Lipinski definition) is 4. The summed E-state index contributed by atoms with van der Waals surface area (Å²) in [5.41, 5.74) is 0.492. The van der Waals surface area contributed by atoms with Crippen LogP contribution in [0.1, 0.15) is 11.7 Å². The molecule has 1 aliphatic heterocycles. The molecule has 110 valence electrons. The van der Waals surface area contributed by atoms with E-state index in [1.807, 2.05) is 0 Å². The zero-order chi connectivity index (χ0) is 15.0. The molecule has 1 heterocycles. The van der Waals surface area contributed by atoms with Gasteiger partial charge in [0, 0.05) is 10.6 Å². The molecule has 2 atom stereocenters. The lowest BCUT2D eigenvalue weighted by Crippen LogP contribution is -2.37. The Balaban J connectivity index is 1.99. The molecule has 0 bridgehead atoms. The maximum atomic E-state index is 12.6. The Morgan fingerprint density at radius 1 is 1.10 bits per heavy atom. The average molecular weight is 325 g/mol. The summed E-state index contributed by atoms with van der Waals surface area (Å²) >= 11 is 5.77. The van der Waals surface area contributed by atoms with Crippen LogP contribution in [-0.2, 0) is 9.84 Å². The van der Waals surface area contributed by atoms with Crippen molar-refractivity contribution >= 4 is 21.4 Å². The van der Waals surface area contributed by atoms with E-state index >= 15 is 0 Å². The third-order valence-corrected chi connectivity index (χ3v) is 5.91. The Kier molecular flexibility index (Phi) is 3.65. The van der Waals surface area contributed by atoms with Crippen molar-refractivity contribution in [2.45, 2.75) is 16.2 Å². The molecular weight excluding hydrogens is 312 g/mol. The van der Waals surface area contributed by atoms with Crippen LogP contribution in [0.2, 0.25) is 5.02 Å². The van der Waals surface area contributed by atoms with E-state index < -0.39 is 21.2 Å². The number of para-hydroxylation sites is 1. The fraction of sp³-hybridized carbons (Fsp3) is 0.200. The molecule has 0 radical (unpaired) electrons. The maximum absolute atomic E-state index is 12.6. The molecule has 1 N–H and O–H groups in total. The molecule has 0 fully saturated rings. The second-order valence-electron chi connectivity index (χ2n) is 4.83. The highest BCUT2D eigenvalue weighted by molar-refractivity contribution is 7.92. The van der Waals surface area contributed by atoms with Gasteiger partial charge in [0.2, 0.25) is 0 Å². The molecule has 2 aromatic carbocycles. The Hall–Kier alpha value is -1.56. The number of sulfone groups is 1. The van der Waals surface area contributed by atoms with Crippen LogP contribution in [0.4, 0.5) is 0 Å². The van der Waals surface area contributed by atoms with Gasteiger partial charge < -0.3 is 9.84 Å². The molecule has 4 nitrogen and oxygen atoms in total. The van der Waals surface area contributed by atoms with Crippen molar-refractivity contribution in [3.63, 3.8) is 0 Å². The predicted octanol–water partition coefficient (Wildman–Crippen LogP) is 2.61. The molecule has 0 amide bonds. The number of hydrogen-bond donors (Lipinski definition) is 1. The monoisotopic (exact) mass is 324 g/mol. The topological polar surface area (TPSA) is 63.6 Å². The fourth-order valence-electron chi connectivity index (χ4n) is 2.38. The smallest absolute Gasteiger partial charge is 0.187 e. The summed E-state index contributed by atoms with van der Waals surface area (Å²) in [6, 6.07) is 12.8. The molecule has 0 spiro atoms. The van der Waals surface area contributed by atoms with Crippen molar-refractivity contribution in [3.8, 4) is 5.75 Å². The van der Waals surface area contributed by atoms with Gasteiger partial charge in [-0.2, -0.15) is 0 Å². The molecule has 0 saturated heterocycles.